The summed E-state index contributed by atoms with van der Waals surface area (Å²) in [5.74, 6) is -0.970. The highest BCUT2D eigenvalue weighted by Gasteiger charge is 2.28. The number of aromatic amines is 1. The van der Waals surface area contributed by atoms with Crippen molar-refractivity contribution >= 4 is 29.1 Å². The Bertz CT molecular complexity index is 1650. The van der Waals surface area contributed by atoms with Crippen molar-refractivity contribution in [2.45, 2.75) is 26.3 Å². The van der Waals surface area contributed by atoms with E-state index in [1.54, 1.807) is 22.9 Å². The van der Waals surface area contributed by atoms with E-state index in [1.165, 1.54) is 0 Å². The lowest BCUT2D eigenvalue weighted by atomic mass is 10.0. The highest BCUT2D eigenvalue weighted by atomic mass is 35.5. The lowest BCUT2D eigenvalue weighted by molar-refractivity contribution is 0.0933. The summed E-state index contributed by atoms with van der Waals surface area (Å²) in [6.07, 6.45) is 0.0306. The molecular formula is C28H23Cl2N5O3. The second kappa shape index (κ2) is 10.7. The van der Waals surface area contributed by atoms with Gasteiger partial charge in [-0.1, -0.05) is 77.3 Å². The molecule has 1 atom stereocenters. The number of benzene rings is 3. The SMILES string of the molecule is Cc1ccc([C@@H](C)NC(=O)c2nn(-c3ccccc3Cl)c(-c3ccc(Cl)cc3)c2Cc2n[nH]c(=O)o2)cc1. The maximum atomic E-state index is 13.7. The molecule has 0 fully saturated rings. The van der Waals surface area contributed by atoms with Crippen molar-refractivity contribution in [1.82, 2.24) is 25.3 Å². The van der Waals surface area contributed by atoms with Crippen LogP contribution in [0.3, 0.4) is 0 Å². The number of halogens is 2. The summed E-state index contributed by atoms with van der Waals surface area (Å²) in [5, 5.41) is 15.0. The number of amides is 1. The van der Waals surface area contributed by atoms with Gasteiger partial charge < -0.3 is 9.73 Å². The number of aryl methyl sites for hydroxylation is 1. The first-order valence-electron chi connectivity index (χ1n) is 11.8. The third kappa shape index (κ3) is 5.27. The largest absolute Gasteiger partial charge is 0.434 e. The molecule has 0 saturated heterocycles. The Morgan fingerprint density at radius 2 is 1.76 bits per heavy atom. The van der Waals surface area contributed by atoms with Crippen LogP contribution in [0.5, 0.6) is 0 Å². The van der Waals surface area contributed by atoms with E-state index in [4.69, 9.17) is 32.7 Å². The van der Waals surface area contributed by atoms with Crippen molar-refractivity contribution in [3.05, 3.63) is 122 Å². The fraction of sp³-hybridized carbons (Fsp3) is 0.143. The van der Waals surface area contributed by atoms with Crippen molar-refractivity contribution in [3.8, 4) is 16.9 Å². The fourth-order valence-corrected chi connectivity index (χ4v) is 4.54. The van der Waals surface area contributed by atoms with E-state index in [0.29, 0.717) is 27.0 Å². The molecule has 5 rings (SSSR count). The number of carbonyl (C=O) groups is 1. The average Bonchev–Trinajstić information content (AvgIpc) is 3.48. The second-order valence-electron chi connectivity index (χ2n) is 8.84. The Morgan fingerprint density at radius 3 is 2.42 bits per heavy atom. The van der Waals surface area contributed by atoms with E-state index in [0.717, 1.165) is 16.7 Å². The number of rotatable bonds is 7. The molecule has 0 radical (unpaired) electrons. The number of H-pyrrole nitrogens is 1. The molecular weight excluding hydrogens is 525 g/mol. The molecule has 2 N–H and O–H groups in total. The molecule has 38 heavy (non-hydrogen) atoms. The molecule has 0 unspecified atom stereocenters. The number of nitrogens with zero attached hydrogens (tertiary/aromatic N) is 3. The molecule has 10 heteroatoms. The first-order chi connectivity index (χ1) is 18.3. The van der Waals surface area contributed by atoms with E-state index in [-0.39, 0.29) is 24.0 Å². The Hall–Kier alpha value is -4.14. The van der Waals surface area contributed by atoms with Gasteiger partial charge in [0.05, 0.1) is 28.9 Å². The standard InChI is InChI=1S/C28H23Cl2N5O3/c1-16-7-9-18(10-8-16)17(2)31-27(36)25-21(15-24-32-33-28(37)38-24)26(19-11-13-20(29)14-12-19)35(34-25)23-6-4-3-5-22(23)30/h3-14,17H,15H2,1-2H3,(H,31,36)(H,33,37)/t17-/m1/s1. The molecule has 192 valence electrons. The summed E-state index contributed by atoms with van der Waals surface area (Å²) in [6.45, 7) is 3.91. The predicted octanol–water partition coefficient (Wildman–Crippen LogP) is 5.91. The van der Waals surface area contributed by atoms with Gasteiger partial charge in [0.15, 0.2) is 5.69 Å². The number of hydrogen-bond acceptors (Lipinski definition) is 5. The monoisotopic (exact) mass is 547 g/mol. The van der Waals surface area contributed by atoms with Crippen LogP contribution in [0, 0.1) is 6.92 Å². The van der Waals surface area contributed by atoms with E-state index in [9.17, 15) is 9.59 Å². The summed E-state index contributed by atoms with van der Waals surface area (Å²) >= 11 is 12.7. The van der Waals surface area contributed by atoms with Crippen LogP contribution >= 0.6 is 23.2 Å². The van der Waals surface area contributed by atoms with Crippen LogP contribution in [0.1, 0.15) is 46.0 Å². The molecule has 0 aliphatic heterocycles. The number of aromatic nitrogens is 4. The molecule has 5 aromatic rings. The van der Waals surface area contributed by atoms with E-state index < -0.39 is 11.7 Å². The van der Waals surface area contributed by atoms with Crippen LogP contribution in [-0.4, -0.2) is 25.9 Å². The van der Waals surface area contributed by atoms with Gasteiger partial charge in [0.25, 0.3) is 5.91 Å². The van der Waals surface area contributed by atoms with Gasteiger partial charge in [-0.2, -0.15) is 5.10 Å². The van der Waals surface area contributed by atoms with E-state index in [2.05, 4.69) is 15.5 Å². The zero-order chi connectivity index (χ0) is 26.8. The molecule has 0 aliphatic carbocycles. The van der Waals surface area contributed by atoms with Gasteiger partial charge in [-0.15, -0.1) is 5.10 Å². The molecule has 0 bridgehead atoms. The summed E-state index contributed by atoms with van der Waals surface area (Å²) in [6, 6.07) is 22.0. The van der Waals surface area contributed by atoms with Crippen LogP contribution in [0.15, 0.2) is 82.0 Å². The van der Waals surface area contributed by atoms with Crippen molar-refractivity contribution in [2.75, 3.05) is 0 Å². The molecule has 2 heterocycles. The minimum Gasteiger partial charge on any atom is -0.392 e. The van der Waals surface area contributed by atoms with Crippen LogP contribution in [0.25, 0.3) is 16.9 Å². The molecule has 1 amide bonds. The van der Waals surface area contributed by atoms with Gasteiger partial charge in [0.1, 0.15) is 0 Å². The van der Waals surface area contributed by atoms with Gasteiger partial charge in [0.2, 0.25) is 5.89 Å². The fourth-order valence-electron chi connectivity index (χ4n) is 4.19. The quantitative estimate of drug-likeness (QED) is 0.263. The zero-order valence-corrected chi connectivity index (χ0v) is 22.0. The minimum atomic E-state index is -0.689. The van der Waals surface area contributed by atoms with Crippen molar-refractivity contribution in [2.24, 2.45) is 0 Å². The minimum absolute atomic E-state index is 0.0306. The van der Waals surface area contributed by atoms with Crippen LogP contribution in [0.4, 0.5) is 0 Å². The van der Waals surface area contributed by atoms with Gasteiger partial charge in [0, 0.05) is 16.1 Å². The van der Waals surface area contributed by atoms with Crippen molar-refractivity contribution in [1.29, 1.82) is 0 Å². The zero-order valence-electron chi connectivity index (χ0n) is 20.5. The lowest BCUT2D eigenvalue weighted by Gasteiger charge is -2.14. The summed E-state index contributed by atoms with van der Waals surface area (Å²) in [5.41, 5.74) is 4.65. The molecule has 0 aliphatic rings. The summed E-state index contributed by atoms with van der Waals surface area (Å²) < 4.78 is 6.82. The van der Waals surface area contributed by atoms with E-state index >= 15 is 0 Å². The highest BCUT2D eigenvalue weighted by Crippen LogP contribution is 2.34. The Labute approximate surface area is 228 Å². The Kier molecular flexibility index (Phi) is 7.18. The highest BCUT2D eigenvalue weighted by molar-refractivity contribution is 6.32. The third-order valence-corrected chi connectivity index (χ3v) is 6.70. The molecule has 2 aromatic heterocycles. The summed E-state index contributed by atoms with van der Waals surface area (Å²) in [7, 11) is 0. The van der Waals surface area contributed by atoms with Crippen molar-refractivity contribution < 1.29 is 9.21 Å². The number of nitrogens with one attached hydrogen (secondary N) is 2. The van der Waals surface area contributed by atoms with Crippen LogP contribution < -0.4 is 11.1 Å². The smallest absolute Gasteiger partial charge is 0.392 e. The molecule has 3 aromatic carbocycles. The molecule has 8 nitrogen and oxygen atoms in total. The average molecular weight is 548 g/mol. The van der Waals surface area contributed by atoms with Crippen molar-refractivity contribution in [3.63, 3.8) is 0 Å². The van der Waals surface area contributed by atoms with Gasteiger partial charge in [-0.3, -0.25) is 4.79 Å². The van der Waals surface area contributed by atoms with Gasteiger partial charge in [-0.25, -0.2) is 14.6 Å². The maximum absolute atomic E-state index is 13.7. The van der Waals surface area contributed by atoms with Gasteiger partial charge in [-0.05, 0) is 43.7 Å². The number of hydrogen-bond donors (Lipinski definition) is 2. The maximum Gasteiger partial charge on any atom is 0.434 e. The molecule has 0 saturated carbocycles. The van der Waals surface area contributed by atoms with Crippen LogP contribution in [-0.2, 0) is 6.42 Å². The lowest BCUT2D eigenvalue weighted by Crippen LogP contribution is -2.28. The predicted molar refractivity (Wildman–Crippen MR) is 146 cm³/mol. The number of para-hydroxylation sites is 1. The summed E-state index contributed by atoms with van der Waals surface area (Å²) in [4.78, 5) is 25.4. The Balaban J connectivity index is 1.67. The first kappa shape index (κ1) is 25.5. The number of carbonyl (C=O) groups excluding carboxylic acids is 1. The van der Waals surface area contributed by atoms with Gasteiger partial charge >= 0.3 is 5.76 Å². The van der Waals surface area contributed by atoms with E-state index in [1.807, 2.05) is 68.4 Å². The first-order valence-corrected chi connectivity index (χ1v) is 12.6. The van der Waals surface area contributed by atoms with Crippen LogP contribution in [0.2, 0.25) is 10.0 Å². The Morgan fingerprint density at radius 1 is 1.05 bits per heavy atom. The second-order valence-corrected chi connectivity index (χ2v) is 9.68. The topological polar surface area (TPSA) is 106 Å². The normalized spacial score (nSPS) is 11.9. The third-order valence-electron chi connectivity index (χ3n) is 6.13. The molecule has 0 spiro atoms.